The van der Waals surface area contributed by atoms with Crippen LogP contribution in [0.2, 0.25) is 0 Å². The summed E-state index contributed by atoms with van der Waals surface area (Å²) in [6.07, 6.45) is -2.07. The monoisotopic (exact) mass is 310 g/mol. The molecule has 0 amide bonds. The van der Waals surface area contributed by atoms with E-state index in [9.17, 15) is 8.42 Å². The third-order valence-corrected chi connectivity index (χ3v) is 3.71. The van der Waals surface area contributed by atoms with E-state index >= 15 is 0 Å². The van der Waals surface area contributed by atoms with Gasteiger partial charge in [0, 0.05) is 28.4 Å². The topological polar surface area (TPSA) is 80.3 Å². The van der Waals surface area contributed by atoms with E-state index in [2.05, 4.69) is 4.18 Å². The predicted octanol–water partition coefficient (Wildman–Crippen LogP) is -0.196. The summed E-state index contributed by atoms with van der Waals surface area (Å²) in [5.74, 6) is 0. The Hall–Kier alpha value is 1.04. The van der Waals surface area contributed by atoms with E-state index < -0.39 is 28.7 Å². The van der Waals surface area contributed by atoms with Crippen LogP contribution in [0.5, 0.6) is 0 Å². The zero-order valence-electron chi connectivity index (χ0n) is 8.14. The minimum absolute atomic E-state index is 0.0108. The van der Waals surface area contributed by atoms with E-state index in [4.69, 9.17) is 17.8 Å². The van der Waals surface area contributed by atoms with Gasteiger partial charge in [-0.3, -0.25) is 0 Å². The lowest BCUT2D eigenvalue weighted by Gasteiger charge is -2.25. The molecule has 0 N–H and O–H groups in total. The van der Waals surface area contributed by atoms with Crippen LogP contribution in [0, 0.1) is 0 Å². The Morgan fingerprint density at radius 2 is 1.94 bits per heavy atom. The Bertz CT molecular complexity index is 309. The first-order valence-corrected chi connectivity index (χ1v) is 6.89. The Balaban J connectivity index is 2.88. The van der Waals surface area contributed by atoms with Gasteiger partial charge < -0.3 is 13.6 Å². The molecule has 0 bridgehead atoms. The molecule has 0 spiro atoms. The average Bonchev–Trinajstić information content (AvgIpc) is 2.34. The zero-order chi connectivity index (χ0) is 12.2. The third-order valence-electron chi connectivity index (χ3n) is 1.94. The van der Waals surface area contributed by atoms with Gasteiger partial charge in [-0.2, -0.15) is 8.42 Å². The van der Waals surface area contributed by atoms with Crippen LogP contribution in [0.4, 0.5) is 0 Å². The van der Waals surface area contributed by atoms with Gasteiger partial charge >= 0.3 is 10.4 Å². The summed E-state index contributed by atoms with van der Waals surface area (Å²) in [6, 6.07) is 0. The number of hydrogen-bond acceptors (Lipinski definition) is 7. The maximum absolute atomic E-state index is 11.2. The first-order valence-electron chi connectivity index (χ1n) is 4.14. The lowest BCUT2D eigenvalue weighted by Crippen LogP contribution is -2.41. The van der Waals surface area contributed by atoms with Crippen molar-refractivity contribution in [1.82, 2.24) is 0 Å². The molecule has 1 heterocycles. The molecule has 6 unspecified atom stereocenters. The van der Waals surface area contributed by atoms with Gasteiger partial charge in [0.05, 0.1) is 13.2 Å². The van der Waals surface area contributed by atoms with Crippen molar-refractivity contribution in [3.8, 4) is 0 Å². The molecule has 1 fully saturated rings. The Kier molecular flexibility index (Phi) is 6.45. The molecule has 0 aromatic heterocycles. The van der Waals surface area contributed by atoms with Gasteiger partial charge in [0.2, 0.25) is 0 Å². The first-order chi connectivity index (χ1) is 7.54. The molecule has 1 aliphatic rings. The fourth-order valence-electron chi connectivity index (χ4n) is 1.23. The second-order valence-electron chi connectivity index (χ2n) is 2.94. The smallest absolute Gasteiger partial charge is 0.363 e. The van der Waals surface area contributed by atoms with Crippen molar-refractivity contribution in [3.63, 3.8) is 0 Å². The van der Waals surface area contributed by atoms with E-state index in [1.807, 2.05) is 28.4 Å². The van der Waals surface area contributed by atoms with Crippen molar-refractivity contribution in [3.05, 3.63) is 0 Å². The van der Waals surface area contributed by atoms with E-state index in [1.54, 1.807) is 0 Å². The van der Waals surface area contributed by atoms with Crippen LogP contribution >= 0.6 is 28.4 Å². The SMILES string of the molecule is O=S1(=O)OCC(OP)C(OP)C(COP)O1. The van der Waals surface area contributed by atoms with Crippen molar-refractivity contribution in [2.45, 2.75) is 18.3 Å². The summed E-state index contributed by atoms with van der Waals surface area (Å²) >= 11 is 0. The van der Waals surface area contributed by atoms with Crippen LogP contribution in [0.15, 0.2) is 0 Å². The fourth-order valence-corrected chi connectivity index (χ4v) is 2.83. The van der Waals surface area contributed by atoms with Gasteiger partial charge in [-0.05, 0) is 0 Å². The normalized spacial score (nSPS) is 34.6. The van der Waals surface area contributed by atoms with Gasteiger partial charge in [0.1, 0.15) is 18.3 Å². The second kappa shape index (κ2) is 6.83. The third kappa shape index (κ3) is 4.05. The highest BCUT2D eigenvalue weighted by Gasteiger charge is 2.39. The highest BCUT2D eigenvalue weighted by atomic mass is 32.3. The van der Waals surface area contributed by atoms with E-state index in [-0.39, 0.29) is 13.2 Å². The summed E-state index contributed by atoms with van der Waals surface area (Å²) in [4.78, 5) is 0. The molecule has 16 heavy (non-hydrogen) atoms. The van der Waals surface area contributed by atoms with Crippen molar-refractivity contribution in [2.24, 2.45) is 0 Å². The summed E-state index contributed by atoms with van der Waals surface area (Å²) in [5, 5.41) is 0. The fraction of sp³-hybridized carbons (Fsp3) is 1.00. The summed E-state index contributed by atoms with van der Waals surface area (Å²) in [5.41, 5.74) is 0. The molecule has 0 saturated carbocycles. The quantitative estimate of drug-likeness (QED) is 0.665. The van der Waals surface area contributed by atoms with Crippen LogP contribution in [0.1, 0.15) is 0 Å². The van der Waals surface area contributed by atoms with E-state index in [0.717, 1.165) is 0 Å². The van der Waals surface area contributed by atoms with Crippen molar-refractivity contribution < 1.29 is 30.4 Å². The summed E-state index contributed by atoms with van der Waals surface area (Å²) in [6.45, 7) is -0.172. The van der Waals surface area contributed by atoms with Crippen LogP contribution in [0.3, 0.4) is 0 Å². The summed E-state index contributed by atoms with van der Waals surface area (Å²) < 4.78 is 46.6. The van der Waals surface area contributed by atoms with Crippen LogP contribution in [0.25, 0.3) is 0 Å². The standard InChI is InChI=1S/C5H13O7P3S/c6-16(7)9-2-3(10-14)5(11-15)4(12-16)1-8-13/h3-5H,1-2,13-15H2. The molecule has 0 aromatic carbocycles. The minimum Gasteiger partial charge on any atom is -0.363 e. The lowest BCUT2D eigenvalue weighted by molar-refractivity contribution is -0.0119. The molecular formula is C5H13O7P3S. The van der Waals surface area contributed by atoms with Crippen molar-refractivity contribution >= 4 is 38.8 Å². The Morgan fingerprint density at radius 1 is 1.25 bits per heavy atom. The zero-order valence-corrected chi connectivity index (χ0v) is 12.4. The molecule has 96 valence electrons. The van der Waals surface area contributed by atoms with Gasteiger partial charge in [-0.15, -0.1) is 0 Å². The number of rotatable bonds is 4. The van der Waals surface area contributed by atoms with Gasteiger partial charge in [0.25, 0.3) is 0 Å². The van der Waals surface area contributed by atoms with E-state index in [0.29, 0.717) is 0 Å². The average molecular weight is 310 g/mol. The van der Waals surface area contributed by atoms with Crippen molar-refractivity contribution in [1.29, 1.82) is 0 Å². The van der Waals surface area contributed by atoms with Gasteiger partial charge in [-0.25, -0.2) is 8.37 Å². The van der Waals surface area contributed by atoms with Crippen molar-refractivity contribution in [2.75, 3.05) is 13.2 Å². The molecule has 0 aliphatic carbocycles. The maximum Gasteiger partial charge on any atom is 0.400 e. The van der Waals surface area contributed by atoms with Crippen LogP contribution in [-0.2, 0) is 32.3 Å². The highest BCUT2D eigenvalue weighted by molar-refractivity contribution is 7.81. The molecule has 1 rings (SSSR count). The predicted molar refractivity (Wildman–Crippen MR) is 64.6 cm³/mol. The molecular weight excluding hydrogens is 297 g/mol. The molecule has 11 heteroatoms. The minimum atomic E-state index is -4.04. The van der Waals surface area contributed by atoms with Gasteiger partial charge in [-0.1, -0.05) is 0 Å². The molecule has 0 radical (unpaired) electrons. The Morgan fingerprint density at radius 3 is 2.44 bits per heavy atom. The van der Waals surface area contributed by atoms with Crippen LogP contribution in [-0.4, -0.2) is 39.9 Å². The second-order valence-corrected chi connectivity index (χ2v) is 5.06. The van der Waals surface area contributed by atoms with E-state index in [1.165, 1.54) is 0 Å². The molecule has 6 atom stereocenters. The maximum atomic E-state index is 11.2. The largest absolute Gasteiger partial charge is 0.400 e. The highest BCUT2D eigenvalue weighted by Crippen LogP contribution is 2.24. The molecule has 7 nitrogen and oxygen atoms in total. The molecule has 0 aromatic rings. The number of hydrogen-bond donors (Lipinski definition) is 0. The Labute approximate surface area is 101 Å². The molecule has 1 aliphatic heterocycles. The van der Waals surface area contributed by atoms with Crippen LogP contribution < -0.4 is 0 Å². The lowest BCUT2D eigenvalue weighted by atomic mass is 10.1. The summed E-state index contributed by atoms with van der Waals surface area (Å²) in [7, 11) is 2.02. The molecule has 1 saturated heterocycles. The first kappa shape index (κ1) is 15.1. The van der Waals surface area contributed by atoms with Gasteiger partial charge in [0.15, 0.2) is 0 Å².